The van der Waals surface area contributed by atoms with E-state index in [0.29, 0.717) is 34.3 Å². The molecule has 0 unspecified atom stereocenters. The molecule has 0 aliphatic heterocycles. The predicted molar refractivity (Wildman–Crippen MR) is 80.7 cm³/mol. The zero-order valence-electron chi connectivity index (χ0n) is 12.2. The largest absolute Gasteiger partial charge is 0.360 e. The third-order valence-corrected chi connectivity index (χ3v) is 3.98. The zero-order chi connectivity index (χ0) is 15.5. The second-order valence-corrected chi connectivity index (χ2v) is 5.89. The van der Waals surface area contributed by atoms with Gasteiger partial charge in [0.25, 0.3) is 0 Å². The smallest absolute Gasteiger partial charge is 0.236 e. The number of hydrogen-bond acceptors (Lipinski definition) is 6. The Balaban J connectivity index is 1.62. The lowest BCUT2D eigenvalue weighted by Crippen LogP contribution is -1.87. The molecule has 0 aliphatic rings. The normalized spacial score (nSPS) is 11.0. The fourth-order valence-electron chi connectivity index (χ4n) is 1.89. The van der Waals surface area contributed by atoms with Crippen molar-refractivity contribution in [2.75, 3.05) is 0 Å². The van der Waals surface area contributed by atoms with Crippen molar-refractivity contribution in [2.24, 2.45) is 0 Å². The number of aryl methyl sites for hydroxylation is 2. The van der Waals surface area contributed by atoms with Crippen molar-refractivity contribution >= 4 is 11.8 Å². The van der Waals surface area contributed by atoms with Gasteiger partial charge in [-0.2, -0.15) is 4.98 Å². The first-order valence-electron chi connectivity index (χ1n) is 6.71. The minimum absolute atomic E-state index is 0.279. The van der Waals surface area contributed by atoms with E-state index in [2.05, 4.69) is 15.3 Å². The number of rotatable bonds is 5. The summed E-state index contributed by atoms with van der Waals surface area (Å²) in [5.41, 5.74) is 2.05. The molecule has 0 saturated heterocycles. The van der Waals surface area contributed by atoms with Crippen LogP contribution in [0.1, 0.15) is 22.9 Å². The van der Waals surface area contributed by atoms with E-state index in [1.807, 2.05) is 13.0 Å². The fourth-order valence-corrected chi connectivity index (χ4v) is 2.62. The second kappa shape index (κ2) is 6.31. The molecule has 7 heteroatoms. The Kier molecular flexibility index (Phi) is 4.24. The minimum Gasteiger partial charge on any atom is -0.360 e. The summed E-state index contributed by atoms with van der Waals surface area (Å²) in [6.45, 7) is 3.59. The Bertz CT molecular complexity index is 785. The molecule has 0 N–H and O–H groups in total. The van der Waals surface area contributed by atoms with Crippen LogP contribution in [0.3, 0.4) is 0 Å². The average Bonchev–Trinajstić information content (AvgIpc) is 3.11. The van der Waals surface area contributed by atoms with Crippen molar-refractivity contribution in [1.82, 2.24) is 15.3 Å². The van der Waals surface area contributed by atoms with E-state index in [1.165, 1.54) is 6.07 Å². The minimum atomic E-state index is -0.279. The molecule has 0 fully saturated rings. The van der Waals surface area contributed by atoms with Gasteiger partial charge >= 0.3 is 0 Å². The van der Waals surface area contributed by atoms with Crippen LogP contribution in [0.4, 0.5) is 4.39 Å². The van der Waals surface area contributed by atoms with Gasteiger partial charge in [-0.1, -0.05) is 22.4 Å². The van der Waals surface area contributed by atoms with Crippen LogP contribution in [-0.4, -0.2) is 15.3 Å². The molecule has 3 aromatic rings. The number of thioether (sulfide) groups is 1. The summed E-state index contributed by atoms with van der Waals surface area (Å²) >= 11 is 1.58. The molecule has 2 heterocycles. The first-order valence-corrected chi connectivity index (χ1v) is 7.86. The molecule has 0 bridgehead atoms. The number of nitrogens with zero attached hydrogens (tertiary/aromatic N) is 3. The highest BCUT2D eigenvalue weighted by molar-refractivity contribution is 7.97. The fraction of sp³-hybridized carbons (Fsp3) is 0.267. The van der Waals surface area contributed by atoms with Gasteiger partial charge in [0.2, 0.25) is 11.7 Å². The highest BCUT2D eigenvalue weighted by Crippen LogP contribution is 2.22. The molecule has 0 saturated carbocycles. The molecule has 114 valence electrons. The van der Waals surface area contributed by atoms with Gasteiger partial charge in [-0.15, -0.1) is 11.8 Å². The van der Waals surface area contributed by atoms with Crippen LogP contribution >= 0.6 is 11.8 Å². The molecular formula is C15H14FN3O2S. The Morgan fingerprint density at radius 3 is 2.68 bits per heavy atom. The highest BCUT2D eigenvalue weighted by atomic mass is 32.2. The molecule has 0 amide bonds. The summed E-state index contributed by atoms with van der Waals surface area (Å²) in [6, 6.07) is 6.77. The van der Waals surface area contributed by atoms with Gasteiger partial charge in [0.1, 0.15) is 11.6 Å². The summed E-state index contributed by atoms with van der Waals surface area (Å²) in [4.78, 5) is 4.28. The third kappa shape index (κ3) is 3.36. The van der Waals surface area contributed by atoms with Gasteiger partial charge in [0.15, 0.2) is 0 Å². The van der Waals surface area contributed by atoms with Crippen LogP contribution in [0.5, 0.6) is 0 Å². The van der Waals surface area contributed by atoms with Crippen LogP contribution < -0.4 is 0 Å². The van der Waals surface area contributed by atoms with Crippen molar-refractivity contribution < 1.29 is 13.4 Å². The Morgan fingerprint density at radius 2 is 1.95 bits per heavy atom. The standard InChI is InChI=1S/C15H14FN3O2S/c1-9-3-4-11(6-13(9)16)15-17-14(21-19-15)8-22-7-12-5-10(2)18-20-12/h3-6H,7-8H2,1-2H3. The Hall–Kier alpha value is -2.15. The lowest BCUT2D eigenvalue weighted by atomic mass is 10.1. The van der Waals surface area contributed by atoms with Gasteiger partial charge in [-0.3, -0.25) is 0 Å². The van der Waals surface area contributed by atoms with E-state index in [4.69, 9.17) is 9.05 Å². The number of benzene rings is 1. The van der Waals surface area contributed by atoms with Crippen LogP contribution in [0.15, 0.2) is 33.3 Å². The average molecular weight is 319 g/mol. The van der Waals surface area contributed by atoms with E-state index in [-0.39, 0.29) is 5.82 Å². The lowest BCUT2D eigenvalue weighted by Gasteiger charge is -1.97. The molecule has 3 rings (SSSR count). The summed E-state index contributed by atoms with van der Waals surface area (Å²) in [5.74, 6) is 2.66. The monoisotopic (exact) mass is 319 g/mol. The molecule has 5 nitrogen and oxygen atoms in total. The highest BCUT2D eigenvalue weighted by Gasteiger charge is 2.11. The number of hydrogen-bond donors (Lipinski definition) is 0. The van der Waals surface area contributed by atoms with Gasteiger partial charge in [-0.05, 0) is 25.5 Å². The number of halogens is 1. The van der Waals surface area contributed by atoms with Gasteiger partial charge in [-0.25, -0.2) is 4.39 Å². The molecule has 0 radical (unpaired) electrons. The van der Waals surface area contributed by atoms with Crippen LogP contribution in [0.25, 0.3) is 11.4 Å². The quantitative estimate of drug-likeness (QED) is 0.710. The SMILES string of the molecule is Cc1cc(CSCc2nc(-c3ccc(C)c(F)c3)no2)on1. The van der Waals surface area contributed by atoms with Crippen molar-refractivity contribution in [2.45, 2.75) is 25.4 Å². The Morgan fingerprint density at radius 1 is 1.09 bits per heavy atom. The maximum absolute atomic E-state index is 13.6. The Labute approximate surface area is 130 Å². The van der Waals surface area contributed by atoms with E-state index < -0.39 is 0 Å². The van der Waals surface area contributed by atoms with Gasteiger partial charge in [0, 0.05) is 11.6 Å². The van der Waals surface area contributed by atoms with Gasteiger partial charge in [0.05, 0.1) is 17.2 Å². The van der Waals surface area contributed by atoms with E-state index in [1.54, 1.807) is 30.8 Å². The van der Waals surface area contributed by atoms with Crippen LogP contribution in [0, 0.1) is 19.7 Å². The van der Waals surface area contributed by atoms with Crippen molar-refractivity contribution in [3.63, 3.8) is 0 Å². The maximum atomic E-state index is 13.6. The summed E-state index contributed by atoms with van der Waals surface area (Å²) in [7, 11) is 0. The molecule has 22 heavy (non-hydrogen) atoms. The molecule has 0 aliphatic carbocycles. The molecular weight excluding hydrogens is 305 g/mol. The van der Waals surface area contributed by atoms with Crippen molar-refractivity contribution in [1.29, 1.82) is 0 Å². The van der Waals surface area contributed by atoms with Crippen LogP contribution in [0.2, 0.25) is 0 Å². The van der Waals surface area contributed by atoms with E-state index in [9.17, 15) is 4.39 Å². The van der Waals surface area contributed by atoms with Crippen LogP contribution in [-0.2, 0) is 11.5 Å². The maximum Gasteiger partial charge on any atom is 0.236 e. The zero-order valence-corrected chi connectivity index (χ0v) is 13.0. The molecule has 0 spiro atoms. The van der Waals surface area contributed by atoms with Gasteiger partial charge < -0.3 is 9.05 Å². The predicted octanol–water partition coefficient (Wildman–Crippen LogP) is 3.91. The summed E-state index contributed by atoms with van der Waals surface area (Å²) < 4.78 is 23.9. The third-order valence-electron chi connectivity index (χ3n) is 3.04. The van der Waals surface area contributed by atoms with Crippen molar-refractivity contribution in [3.05, 3.63) is 53.0 Å². The molecule has 2 aromatic heterocycles. The van der Waals surface area contributed by atoms with E-state index >= 15 is 0 Å². The summed E-state index contributed by atoms with van der Waals surface area (Å²) in [5, 5.41) is 7.71. The number of aromatic nitrogens is 3. The summed E-state index contributed by atoms with van der Waals surface area (Å²) in [6.07, 6.45) is 0. The first kappa shape index (κ1) is 14.8. The molecule has 0 atom stereocenters. The second-order valence-electron chi connectivity index (χ2n) is 4.90. The first-order chi connectivity index (χ1) is 10.6. The van der Waals surface area contributed by atoms with E-state index in [0.717, 1.165) is 11.5 Å². The molecule has 1 aromatic carbocycles. The topological polar surface area (TPSA) is 65.0 Å². The lowest BCUT2D eigenvalue weighted by molar-refractivity contribution is 0.388. The van der Waals surface area contributed by atoms with Crippen molar-refractivity contribution in [3.8, 4) is 11.4 Å².